The van der Waals surface area contributed by atoms with Crippen molar-refractivity contribution in [3.63, 3.8) is 0 Å². The summed E-state index contributed by atoms with van der Waals surface area (Å²) in [4.78, 5) is 14.2. The molecule has 0 bridgehead atoms. The van der Waals surface area contributed by atoms with Crippen molar-refractivity contribution in [1.29, 1.82) is 0 Å². The van der Waals surface area contributed by atoms with E-state index in [0.717, 1.165) is 25.1 Å². The summed E-state index contributed by atoms with van der Waals surface area (Å²) in [6.45, 7) is 3.16. The maximum absolute atomic E-state index is 12.1. The Morgan fingerprint density at radius 2 is 2.19 bits per heavy atom. The van der Waals surface area contributed by atoms with Crippen molar-refractivity contribution in [3.05, 3.63) is 24.3 Å². The number of piperidine rings is 1. The Labute approximate surface area is 124 Å². The molecule has 0 saturated carbocycles. The van der Waals surface area contributed by atoms with Gasteiger partial charge in [0.15, 0.2) is 5.79 Å². The fourth-order valence-corrected chi connectivity index (χ4v) is 2.96. The van der Waals surface area contributed by atoms with Crippen molar-refractivity contribution in [2.75, 3.05) is 43.9 Å². The van der Waals surface area contributed by atoms with Crippen molar-refractivity contribution in [2.45, 2.75) is 18.6 Å². The standard InChI is InChI=1S/C15H21N3O3/c16-12-3-1-4-13(9-12)17-14(19)10-18-6-2-5-15(11-18)20-7-8-21-15/h1,3-4,9H,2,5-8,10-11,16H2,(H,17,19). The second kappa shape index (κ2) is 6.01. The first-order valence-corrected chi connectivity index (χ1v) is 7.31. The second-order valence-corrected chi connectivity index (χ2v) is 5.60. The number of carbonyl (C=O) groups is 1. The molecular weight excluding hydrogens is 270 g/mol. The van der Waals surface area contributed by atoms with Crippen LogP contribution in [0, 0.1) is 0 Å². The minimum absolute atomic E-state index is 0.0457. The summed E-state index contributed by atoms with van der Waals surface area (Å²) in [5, 5.41) is 2.87. The van der Waals surface area contributed by atoms with Gasteiger partial charge >= 0.3 is 0 Å². The van der Waals surface area contributed by atoms with Gasteiger partial charge in [0.05, 0.1) is 26.3 Å². The third kappa shape index (κ3) is 3.53. The molecule has 2 fully saturated rings. The van der Waals surface area contributed by atoms with E-state index in [-0.39, 0.29) is 5.91 Å². The summed E-state index contributed by atoms with van der Waals surface area (Å²) in [7, 11) is 0. The van der Waals surface area contributed by atoms with Crippen molar-refractivity contribution in [1.82, 2.24) is 4.90 Å². The number of nitrogens with one attached hydrogen (secondary N) is 1. The van der Waals surface area contributed by atoms with Crippen LogP contribution in [0.5, 0.6) is 0 Å². The zero-order chi connectivity index (χ0) is 14.7. The molecule has 0 radical (unpaired) electrons. The fraction of sp³-hybridized carbons (Fsp3) is 0.533. The lowest BCUT2D eigenvalue weighted by atomic mass is 10.0. The first kappa shape index (κ1) is 14.3. The smallest absolute Gasteiger partial charge is 0.238 e. The normalized spacial score (nSPS) is 21.5. The van der Waals surface area contributed by atoms with Crippen LogP contribution in [0.25, 0.3) is 0 Å². The Balaban J connectivity index is 1.55. The maximum Gasteiger partial charge on any atom is 0.238 e. The van der Waals surface area contributed by atoms with Gasteiger partial charge in [-0.25, -0.2) is 0 Å². The summed E-state index contributed by atoms with van der Waals surface area (Å²) in [6, 6.07) is 7.19. The van der Waals surface area contributed by atoms with E-state index >= 15 is 0 Å². The monoisotopic (exact) mass is 291 g/mol. The highest BCUT2D eigenvalue weighted by Gasteiger charge is 2.40. The summed E-state index contributed by atoms with van der Waals surface area (Å²) in [5.74, 6) is -0.536. The zero-order valence-electron chi connectivity index (χ0n) is 12.0. The van der Waals surface area contributed by atoms with E-state index in [2.05, 4.69) is 10.2 Å². The third-order valence-electron chi connectivity index (χ3n) is 3.85. The van der Waals surface area contributed by atoms with Crippen molar-refractivity contribution < 1.29 is 14.3 Å². The van der Waals surface area contributed by atoms with Gasteiger partial charge in [-0.05, 0) is 31.2 Å². The Morgan fingerprint density at radius 1 is 1.38 bits per heavy atom. The lowest BCUT2D eigenvalue weighted by Gasteiger charge is -2.38. The predicted octanol–water partition coefficient (Wildman–Crippen LogP) is 1.05. The average Bonchev–Trinajstić information content (AvgIpc) is 2.86. The molecule has 3 rings (SSSR count). The molecule has 1 aromatic carbocycles. The first-order valence-electron chi connectivity index (χ1n) is 7.31. The van der Waals surface area contributed by atoms with Crippen molar-refractivity contribution >= 4 is 17.3 Å². The molecule has 3 N–H and O–H groups in total. The van der Waals surface area contributed by atoms with Gasteiger partial charge in [0.25, 0.3) is 0 Å². The number of hydrogen-bond donors (Lipinski definition) is 2. The van der Waals surface area contributed by atoms with E-state index < -0.39 is 5.79 Å². The summed E-state index contributed by atoms with van der Waals surface area (Å²) in [5.41, 5.74) is 7.06. The average molecular weight is 291 g/mol. The van der Waals surface area contributed by atoms with E-state index in [1.165, 1.54) is 0 Å². The fourth-order valence-electron chi connectivity index (χ4n) is 2.96. The lowest BCUT2D eigenvalue weighted by molar-refractivity contribution is -0.189. The molecule has 6 heteroatoms. The molecule has 2 aliphatic heterocycles. The molecule has 21 heavy (non-hydrogen) atoms. The van der Waals surface area contributed by atoms with Crippen LogP contribution in [0.4, 0.5) is 11.4 Å². The van der Waals surface area contributed by atoms with Gasteiger partial charge in [0, 0.05) is 17.8 Å². The van der Waals surface area contributed by atoms with Crippen LogP contribution in [-0.2, 0) is 14.3 Å². The number of nitrogen functional groups attached to an aromatic ring is 1. The molecule has 1 amide bonds. The van der Waals surface area contributed by atoms with Crippen LogP contribution in [0.1, 0.15) is 12.8 Å². The molecule has 2 aliphatic rings. The van der Waals surface area contributed by atoms with Gasteiger partial charge in [-0.3, -0.25) is 9.69 Å². The van der Waals surface area contributed by atoms with Gasteiger partial charge in [-0.15, -0.1) is 0 Å². The minimum Gasteiger partial charge on any atom is -0.399 e. The van der Waals surface area contributed by atoms with Crippen LogP contribution in [0.2, 0.25) is 0 Å². The highest BCUT2D eigenvalue weighted by molar-refractivity contribution is 5.92. The van der Waals surface area contributed by atoms with E-state index in [1.807, 2.05) is 12.1 Å². The topological polar surface area (TPSA) is 76.8 Å². The molecule has 2 heterocycles. The van der Waals surface area contributed by atoms with Gasteiger partial charge in [0.1, 0.15) is 0 Å². The molecular formula is C15H21N3O3. The first-order chi connectivity index (χ1) is 10.2. The number of nitrogens with two attached hydrogens (primary N) is 1. The van der Waals surface area contributed by atoms with Crippen molar-refractivity contribution in [2.24, 2.45) is 0 Å². The zero-order valence-corrected chi connectivity index (χ0v) is 12.0. The molecule has 0 aromatic heterocycles. The summed E-state index contributed by atoms with van der Waals surface area (Å²) < 4.78 is 11.4. The Morgan fingerprint density at radius 3 is 2.95 bits per heavy atom. The van der Waals surface area contributed by atoms with Crippen LogP contribution in [0.3, 0.4) is 0 Å². The highest BCUT2D eigenvalue weighted by atomic mass is 16.7. The number of rotatable bonds is 3. The number of hydrogen-bond acceptors (Lipinski definition) is 5. The second-order valence-electron chi connectivity index (χ2n) is 5.60. The summed E-state index contributed by atoms with van der Waals surface area (Å²) >= 11 is 0. The number of ether oxygens (including phenoxy) is 2. The SMILES string of the molecule is Nc1cccc(NC(=O)CN2CCCC3(C2)OCCO3)c1. The van der Waals surface area contributed by atoms with Gasteiger partial charge in [-0.1, -0.05) is 6.07 Å². The van der Waals surface area contributed by atoms with E-state index in [0.29, 0.717) is 32.0 Å². The number of amides is 1. The Kier molecular flexibility index (Phi) is 4.10. The Bertz CT molecular complexity index is 515. The molecule has 114 valence electrons. The van der Waals surface area contributed by atoms with E-state index in [1.54, 1.807) is 12.1 Å². The molecule has 1 spiro atoms. The predicted molar refractivity (Wildman–Crippen MR) is 79.8 cm³/mol. The molecule has 2 saturated heterocycles. The number of benzene rings is 1. The van der Waals surface area contributed by atoms with E-state index in [4.69, 9.17) is 15.2 Å². The highest BCUT2D eigenvalue weighted by Crippen LogP contribution is 2.29. The molecule has 1 aromatic rings. The minimum atomic E-state index is -0.490. The Hall–Kier alpha value is -1.63. The van der Waals surface area contributed by atoms with E-state index in [9.17, 15) is 4.79 Å². The van der Waals surface area contributed by atoms with Crippen LogP contribution >= 0.6 is 0 Å². The van der Waals surface area contributed by atoms with Gasteiger partial charge in [0.2, 0.25) is 5.91 Å². The van der Waals surface area contributed by atoms with Gasteiger partial charge < -0.3 is 20.5 Å². The van der Waals surface area contributed by atoms with Crippen LogP contribution < -0.4 is 11.1 Å². The summed E-state index contributed by atoms with van der Waals surface area (Å²) in [6.07, 6.45) is 1.88. The maximum atomic E-state index is 12.1. The number of anilines is 2. The number of carbonyl (C=O) groups excluding carboxylic acids is 1. The van der Waals surface area contributed by atoms with Crippen LogP contribution in [0.15, 0.2) is 24.3 Å². The van der Waals surface area contributed by atoms with Crippen LogP contribution in [-0.4, -0.2) is 49.4 Å². The lowest BCUT2D eigenvalue weighted by Crippen LogP contribution is -2.50. The quantitative estimate of drug-likeness (QED) is 0.814. The molecule has 0 unspecified atom stereocenters. The molecule has 0 aliphatic carbocycles. The largest absolute Gasteiger partial charge is 0.399 e. The third-order valence-corrected chi connectivity index (χ3v) is 3.85. The van der Waals surface area contributed by atoms with Crippen molar-refractivity contribution in [3.8, 4) is 0 Å². The molecule has 0 atom stereocenters. The number of nitrogens with zero attached hydrogens (tertiary/aromatic N) is 1. The number of likely N-dealkylation sites (tertiary alicyclic amines) is 1. The molecule has 6 nitrogen and oxygen atoms in total. The van der Waals surface area contributed by atoms with Gasteiger partial charge in [-0.2, -0.15) is 0 Å².